The van der Waals surface area contributed by atoms with Crippen LogP contribution in [0.15, 0.2) is 18.2 Å². The molecule has 4 heteroatoms. The average molecular weight is 301 g/mol. The average Bonchev–Trinajstić information content (AvgIpc) is 2.42. The number of hydrogen-bond acceptors (Lipinski definition) is 2. The lowest BCUT2D eigenvalue weighted by Gasteiger charge is -2.20. The Balaban J connectivity index is 1.78. The standard InChI is InChI=1S/C15H18ClFOS/c16-14-9-11(6-7-15(14)17)8-12(18)10-19-13-4-2-1-3-5-13/h6-7,9,13H,1-5,8,10H2. The van der Waals surface area contributed by atoms with Gasteiger partial charge in [-0.05, 0) is 30.5 Å². The molecule has 0 amide bonds. The maximum Gasteiger partial charge on any atom is 0.147 e. The Morgan fingerprint density at radius 2 is 2.05 bits per heavy atom. The number of halogens is 2. The Hall–Kier alpha value is -0.540. The van der Waals surface area contributed by atoms with Gasteiger partial charge in [-0.25, -0.2) is 4.39 Å². The van der Waals surface area contributed by atoms with Gasteiger partial charge in [0.05, 0.1) is 10.8 Å². The SMILES string of the molecule is O=C(CSC1CCCCC1)Cc1ccc(F)c(Cl)c1. The lowest BCUT2D eigenvalue weighted by molar-refractivity contribution is -0.116. The molecule has 0 heterocycles. The summed E-state index contributed by atoms with van der Waals surface area (Å²) in [5.41, 5.74) is 0.792. The first-order chi connectivity index (χ1) is 9.15. The number of hydrogen-bond donors (Lipinski definition) is 0. The third kappa shape index (κ3) is 4.81. The predicted octanol–water partition coefficient (Wildman–Crippen LogP) is 4.66. The van der Waals surface area contributed by atoms with Gasteiger partial charge < -0.3 is 0 Å². The molecule has 0 radical (unpaired) electrons. The summed E-state index contributed by atoms with van der Waals surface area (Å²) in [5, 5.41) is 0.736. The summed E-state index contributed by atoms with van der Waals surface area (Å²) in [6.45, 7) is 0. The molecule has 0 saturated heterocycles. The van der Waals surface area contributed by atoms with Crippen molar-refractivity contribution in [1.82, 2.24) is 0 Å². The molecule has 0 aromatic heterocycles. The molecule has 1 aromatic carbocycles. The minimum atomic E-state index is -0.436. The van der Waals surface area contributed by atoms with Crippen molar-refractivity contribution >= 4 is 29.1 Å². The second kappa shape index (κ2) is 7.30. The monoisotopic (exact) mass is 300 g/mol. The van der Waals surface area contributed by atoms with Crippen molar-refractivity contribution in [2.45, 2.75) is 43.8 Å². The van der Waals surface area contributed by atoms with Gasteiger partial charge in [-0.2, -0.15) is 11.8 Å². The van der Waals surface area contributed by atoms with E-state index in [4.69, 9.17) is 11.6 Å². The van der Waals surface area contributed by atoms with E-state index >= 15 is 0 Å². The fraction of sp³-hybridized carbons (Fsp3) is 0.533. The van der Waals surface area contributed by atoms with Crippen molar-refractivity contribution in [2.75, 3.05) is 5.75 Å². The van der Waals surface area contributed by atoms with Crippen LogP contribution in [0.1, 0.15) is 37.7 Å². The Kier molecular flexibility index (Phi) is 5.71. The summed E-state index contributed by atoms with van der Waals surface area (Å²) >= 11 is 7.48. The van der Waals surface area contributed by atoms with Gasteiger partial charge in [0.25, 0.3) is 0 Å². The smallest absolute Gasteiger partial charge is 0.147 e. The number of rotatable bonds is 5. The van der Waals surface area contributed by atoms with E-state index in [0.717, 1.165) is 5.56 Å². The Morgan fingerprint density at radius 3 is 2.74 bits per heavy atom. The van der Waals surface area contributed by atoms with Gasteiger partial charge in [-0.3, -0.25) is 4.79 Å². The first-order valence-electron chi connectivity index (χ1n) is 6.72. The molecule has 2 rings (SSSR count). The van der Waals surface area contributed by atoms with Crippen molar-refractivity contribution < 1.29 is 9.18 Å². The zero-order valence-corrected chi connectivity index (χ0v) is 12.4. The zero-order chi connectivity index (χ0) is 13.7. The van der Waals surface area contributed by atoms with Crippen molar-refractivity contribution in [3.05, 3.63) is 34.6 Å². The van der Waals surface area contributed by atoms with Crippen LogP contribution in [0.2, 0.25) is 5.02 Å². The second-order valence-electron chi connectivity index (χ2n) is 5.03. The molecule has 1 aliphatic rings. The maximum absolute atomic E-state index is 13.0. The van der Waals surface area contributed by atoms with E-state index in [2.05, 4.69) is 0 Å². The minimum Gasteiger partial charge on any atom is -0.298 e. The molecule has 19 heavy (non-hydrogen) atoms. The summed E-state index contributed by atoms with van der Waals surface area (Å²) in [6.07, 6.45) is 6.73. The normalized spacial score (nSPS) is 16.5. The zero-order valence-electron chi connectivity index (χ0n) is 10.8. The van der Waals surface area contributed by atoms with Crippen LogP contribution < -0.4 is 0 Å². The van der Waals surface area contributed by atoms with Crippen LogP contribution >= 0.6 is 23.4 Å². The number of benzene rings is 1. The summed E-state index contributed by atoms with van der Waals surface area (Å²) in [7, 11) is 0. The molecular weight excluding hydrogens is 283 g/mol. The number of carbonyl (C=O) groups excluding carboxylic acids is 1. The highest BCUT2D eigenvalue weighted by atomic mass is 35.5. The van der Waals surface area contributed by atoms with Gasteiger partial charge in [-0.1, -0.05) is 36.9 Å². The fourth-order valence-corrected chi connectivity index (χ4v) is 3.76. The van der Waals surface area contributed by atoms with Gasteiger partial charge in [-0.15, -0.1) is 0 Å². The van der Waals surface area contributed by atoms with Crippen LogP contribution in [-0.2, 0) is 11.2 Å². The minimum absolute atomic E-state index is 0.0882. The van der Waals surface area contributed by atoms with Gasteiger partial charge in [0.15, 0.2) is 0 Å². The van der Waals surface area contributed by atoms with E-state index < -0.39 is 5.82 Å². The van der Waals surface area contributed by atoms with Crippen LogP contribution in [0.25, 0.3) is 0 Å². The van der Waals surface area contributed by atoms with Crippen LogP contribution in [0, 0.1) is 5.82 Å². The number of carbonyl (C=O) groups is 1. The van der Waals surface area contributed by atoms with Gasteiger partial charge in [0, 0.05) is 11.7 Å². The molecule has 0 atom stereocenters. The summed E-state index contributed by atoms with van der Waals surface area (Å²) in [6, 6.07) is 4.49. The third-order valence-corrected chi connectivity index (χ3v) is 5.14. The van der Waals surface area contributed by atoms with E-state index in [9.17, 15) is 9.18 Å². The first-order valence-corrected chi connectivity index (χ1v) is 8.15. The molecule has 0 N–H and O–H groups in total. The lowest BCUT2D eigenvalue weighted by atomic mass is 10.0. The van der Waals surface area contributed by atoms with Crippen molar-refractivity contribution in [1.29, 1.82) is 0 Å². The molecule has 1 fully saturated rings. The molecule has 1 aromatic rings. The van der Waals surface area contributed by atoms with Crippen molar-refractivity contribution in [2.24, 2.45) is 0 Å². The number of ketones is 1. The molecule has 104 valence electrons. The second-order valence-corrected chi connectivity index (χ2v) is 6.73. The Bertz CT molecular complexity index is 444. The largest absolute Gasteiger partial charge is 0.298 e. The highest BCUT2D eigenvalue weighted by Gasteiger charge is 2.15. The molecule has 0 aliphatic heterocycles. The predicted molar refractivity (Wildman–Crippen MR) is 79.5 cm³/mol. The molecule has 1 nitrogen and oxygen atoms in total. The van der Waals surface area contributed by atoms with Crippen LogP contribution in [-0.4, -0.2) is 16.8 Å². The summed E-state index contributed by atoms with van der Waals surface area (Å²) < 4.78 is 13.0. The van der Waals surface area contributed by atoms with Crippen LogP contribution in [0.4, 0.5) is 4.39 Å². The van der Waals surface area contributed by atoms with Gasteiger partial charge in [0.1, 0.15) is 11.6 Å². The third-order valence-electron chi connectivity index (χ3n) is 3.42. The molecule has 0 spiro atoms. The number of thioether (sulfide) groups is 1. The van der Waals surface area contributed by atoms with E-state index in [1.807, 2.05) is 0 Å². The van der Waals surface area contributed by atoms with Gasteiger partial charge >= 0.3 is 0 Å². The number of Topliss-reactive ketones (excluding diaryl/α,β-unsaturated/α-hetero) is 1. The van der Waals surface area contributed by atoms with E-state index in [-0.39, 0.29) is 10.8 Å². The van der Waals surface area contributed by atoms with Crippen LogP contribution in [0.3, 0.4) is 0 Å². The molecule has 0 unspecified atom stereocenters. The van der Waals surface area contributed by atoms with Gasteiger partial charge in [0.2, 0.25) is 0 Å². The van der Waals surface area contributed by atoms with E-state index in [1.54, 1.807) is 23.9 Å². The first kappa shape index (κ1) is 14.9. The Morgan fingerprint density at radius 1 is 1.32 bits per heavy atom. The molecular formula is C15H18ClFOS. The topological polar surface area (TPSA) is 17.1 Å². The maximum atomic E-state index is 13.0. The summed E-state index contributed by atoms with van der Waals surface area (Å²) in [5.74, 6) is 0.312. The van der Waals surface area contributed by atoms with Crippen molar-refractivity contribution in [3.8, 4) is 0 Å². The highest BCUT2D eigenvalue weighted by Crippen LogP contribution is 2.28. The highest BCUT2D eigenvalue weighted by molar-refractivity contribution is 8.00. The molecule has 1 aliphatic carbocycles. The fourth-order valence-electron chi connectivity index (χ4n) is 2.37. The van der Waals surface area contributed by atoms with E-state index in [0.29, 0.717) is 17.4 Å². The van der Waals surface area contributed by atoms with E-state index in [1.165, 1.54) is 38.2 Å². The molecule has 0 bridgehead atoms. The molecule has 1 saturated carbocycles. The Labute approximate surface area is 122 Å². The van der Waals surface area contributed by atoms with Crippen molar-refractivity contribution in [3.63, 3.8) is 0 Å². The van der Waals surface area contributed by atoms with Crippen LogP contribution in [0.5, 0.6) is 0 Å². The lowest BCUT2D eigenvalue weighted by Crippen LogP contribution is -2.13. The quantitative estimate of drug-likeness (QED) is 0.787. The summed E-state index contributed by atoms with van der Waals surface area (Å²) in [4.78, 5) is 11.9.